The van der Waals surface area contributed by atoms with Crippen molar-refractivity contribution in [2.24, 2.45) is 5.73 Å². The molecule has 2 rings (SSSR count). The second-order valence-corrected chi connectivity index (χ2v) is 4.98. The molecule has 1 aromatic heterocycles. The number of rotatable bonds is 5. The van der Waals surface area contributed by atoms with Crippen LogP contribution in [0, 0.1) is 0 Å². The number of ether oxygens (including phenoxy) is 1. The molecule has 0 saturated heterocycles. The van der Waals surface area contributed by atoms with Gasteiger partial charge in [0.05, 0.1) is 18.4 Å². The summed E-state index contributed by atoms with van der Waals surface area (Å²) in [7, 11) is 1.68. The van der Waals surface area contributed by atoms with Crippen molar-refractivity contribution in [3.8, 4) is 16.3 Å². The zero-order chi connectivity index (χ0) is 13.0. The van der Waals surface area contributed by atoms with E-state index in [1.807, 2.05) is 24.3 Å². The zero-order valence-electron chi connectivity index (χ0n) is 10.7. The number of methoxy groups -OCH3 is 1. The Morgan fingerprint density at radius 2 is 2.17 bits per heavy atom. The molecule has 2 N–H and O–H groups in total. The van der Waals surface area contributed by atoms with E-state index < -0.39 is 0 Å². The molecule has 1 heterocycles. The van der Waals surface area contributed by atoms with Crippen molar-refractivity contribution in [1.82, 2.24) is 4.98 Å². The number of thiazole rings is 1. The van der Waals surface area contributed by atoms with E-state index in [9.17, 15) is 0 Å². The first-order valence-corrected chi connectivity index (χ1v) is 6.97. The van der Waals surface area contributed by atoms with Gasteiger partial charge in [-0.1, -0.05) is 19.1 Å². The maximum absolute atomic E-state index is 5.76. The van der Waals surface area contributed by atoms with Crippen LogP contribution in [-0.4, -0.2) is 18.6 Å². The highest BCUT2D eigenvalue weighted by Crippen LogP contribution is 2.33. The smallest absolute Gasteiger partial charge is 0.129 e. The van der Waals surface area contributed by atoms with Crippen LogP contribution >= 0.6 is 11.3 Å². The van der Waals surface area contributed by atoms with Gasteiger partial charge >= 0.3 is 0 Å². The molecule has 4 heteroatoms. The Morgan fingerprint density at radius 1 is 1.39 bits per heavy atom. The first-order valence-electron chi connectivity index (χ1n) is 6.09. The lowest BCUT2D eigenvalue weighted by molar-refractivity contribution is 0.416. The summed E-state index contributed by atoms with van der Waals surface area (Å²) >= 11 is 1.64. The minimum atomic E-state index is 0.352. The van der Waals surface area contributed by atoms with Crippen LogP contribution in [0.2, 0.25) is 0 Å². The third kappa shape index (κ3) is 2.54. The fourth-order valence-corrected chi connectivity index (χ4v) is 2.85. The molecule has 1 atom stereocenters. The summed E-state index contributed by atoms with van der Waals surface area (Å²) in [4.78, 5) is 4.69. The summed E-state index contributed by atoms with van der Waals surface area (Å²) < 4.78 is 5.36. The van der Waals surface area contributed by atoms with Gasteiger partial charge in [0.1, 0.15) is 10.8 Å². The summed E-state index contributed by atoms with van der Waals surface area (Å²) in [6.07, 6.45) is 1.02. The molecule has 0 fully saturated rings. The van der Waals surface area contributed by atoms with Crippen molar-refractivity contribution >= 4 is 11.3 Å². The minimum Gasteiger partial charge on any atom is -0.496 e. The molecule has 3 nitrogen and oxygen atoms in total. The molecule has 96 valence electrons. The molecule has 0 amide bonds. The van der Waals surface area contributed by atoms with Crippen LogP contribution in [0.1, 0.15) is 25.0 Å². The molecule has 0 radical (unpaired) electrons. The lowest BCUT2D eigenvalue weighted by Crippen LogP contribution is -2.11. The van der Waals surface area contributed by atoms with Gasteiger partial charge < -0.3 is 10.5 Å². The van der Waals surface area contributed by atoms with Crippen molar-refractivity contribution in [2.75, 3.05) is 13.7 Å². The Hall–Kier alpha value is -1.39. The highest BCUT2D eigenvalue weighted by atomic mass is 32.1. The summed E-state index contributed by atoms with van der Waals surface area (Å²) in [6.45, 7) is 2.78. The monoisotopic (exact) mass is 262 g/mol. The molecule has 0 saturated carbocycles. The minimum absolute atomic E-state index is 0.352. The number of hydrogen-bond donors (Lipinski definition) is 1. The average molecular weight is 262 g/mol. The average Bonchev–Trinajstić information content (AvgIpc) is 2.89. The van der Waals surface area contributed by atoms with Crippen LogP contribution in [0.3, 0.4) is 0 Å². The molecular weight excluding hydrogens is 244 g/mol. The van der Waals surface area contributed by atoms with E-state index in [1.165, 1.54) is 0 Å². The van der Waals surface area contributed by atoms with Gasteiger partial charge in [0.25, 0.3) is 0 Å². The number of para-hydroxylation sites is 1. The fourth-order valence-electron chi connectivity index (χ4n) is 1.92. The van der Waals surface area contributed by atoms with Gasteiger partial charge in [-0.25, -0.2) is 4.98 Å². The number of hydrogen-bond acceptors (Lipinski definition) is 4. The molecule has 0 aliphatic heterocycles. The first-order chi connectivity index (χ1) is 8.80. The van der Waals surface area contributed by atoms with Crippen molar-refractivity contribution in [1.29, 1.82) is 0 Å². The summed E-state index contributed by atoms with van der Waals surface area (Å²) in [6, 6.07) is 7.95. The van der Waals surface area contributed by atoms with Crippen LogP contribution in [0.15, 0.2) is 29.6 Å². The SMILES string of the molecule is CCC(CN)c1csc(-c2ccccc2OC)n1. The summed E-state index contributed by atoms with van der Waals surface area (Å²) in [5.74, 6) is 1.21. The summed E-state index contributed by atoms with van der Waals surface area (Å²) in [5, 5.41) is 3.09. The van der Waals surface area contributed by atoms with Crippen LogP contribution in [0.25, 0.3) is 10.6 Å². The summed E-state index contributed by atoms with van der Waals surface area (Å²) in [5.41, 5.74) is 7.89. The molecule has 0 bridgehead atoms. The molecule has 1 aromatic carbocycles. The van der Waals surface area contributed by atoms with Crippen molar-refractivity contribution in [3.63, 3.8) is 0 Å². The molecule has 18 heavy (non-hydrogen) atoms. The van der Waals surface area contributed by atoms with Gasteiger partial charge in [0.15, 0.2) is 0 Å². The second-order valence-electron chi connectivity index (χ2n) is 4.12. The Labute approximate surface area is 112 Å². The Bertz CT molecular complexity index is 506. The third-order valence-electron chi connectivity index (χ3n) is 3.05. The maximum Gasteiger partial charge on any atom is 0.129 e. The largest absolute Gasteiger partial charge is 0.496 e. The van der Waals surface area contributed by atoms with E-state index in [1.54, 1.807) is 18.4 Å². The van der Waals surface area contributed by atoms with Crippen LogP contribution < -0.4 is 10.5 Å². The zero-order valence-corrected chi connectivity index (χ0v) is 11.5. The van der Waals surface area contributed by atoms with Gasteiger partial charge in [-0.05, 0) is 18.6 Å². The molecule has 0 aliphatic carbocycles. The van der Waals surface area contributed by atoms with Gasteiger partial charge in [-0.2, -0.15) is 0 Å². The Kier molecular flexibility index (Phi) is 4.33. The second kappa shape index (κ2) is 5.98. The Balaban J connectivity index is 2.34. The highest BCUT2D eigenvalue weighted by molar-refractivity contribution is 7.13. The maximum atomic E-state index is 5.76. The van der Waals surface area contributed by atoms with E-state index in [4.69, 9.17) is 10.5 Å². The standard InChI is InChI=1S/C14H18N2OS/c1-3-10(8-15)12-9-18-14(16-12)11-6-4-5-7-13(11)17-2/h4-7,9-10H,3,8,15H2,1-2H3. The quantitative estimate of drug-likeness (QED) is 0.899. The van der Waals surface area contributed by atoms with Gasteiger partial charge in [0.2, 0.25) is 0 Å². The van der Waals surface area contributed by atoms with E-state index in [0.717, 1.165) is 28.4 Å². The number of aromatic nitrogens is 1. The number of benzene rings is 1. The topological polar surface area (TPSA) is 48.1 Å². The molecule has 0 spiro atoms. The van der Waals surface area contributed by atoms with Crippen molar-refractivity contribution < 1.29 is 4.74 Å². The highest BCUT2D eigenvalue weighted by Gasteiger charge is 2.14. The van der Waals surface area contributed by atoms with E-state index in [0.29, 0.717) is 12.5 Å². The lowest BCUT2D eigenvalue weighted by atomic mass is 10.0. The molecule has 0 aliphatic rings. The third-order valence-corrected chi connectivity index (χ3v) is 3.95. The van der Waals surface area contributed by atoms with Gasteiger partial charge in [-0.3, -0.25) is 0 Å². The normalized spacial score (nSPS) is 12.4. The van der Waals surface area contributed by atoms with Crippen molar-refractivity contribution in [2.45, 2.75) is 19.3 Å². The predicted octanol–water partition coefficient (Wildman–Crippen LogP) is 3.27. The molecule has 1 unspecified atom stereocenters. The Morgan fingerprint density at radius 3 is 2.83 bits per heavy atom. The molecular formula is C14H18N2OS. The van der Waals surface area contributed by atoms with Gasteiger partial charge in [0, 0.05) is 17.8 Å². The number of nitrogens with zero attached hydrogens (tertiary/aromatic N) is 1. The van der Waals surface area contributed by atoms with Crippen LogP contribution in [0.4, 0.5) is 0 Å². The van der Waals surface area contributed by atoms with E-state index >= 15 is 0 Å². The molecule has 2 aromatic rings. The number of nitrogens with two attached hydrogens (primary N) is 1. The predicted molar refractivity (Wildman–Crippen MR) is 76.2 cm³/mol. The first kappa shape index (κ1) is 13.1. The van der Waals surface area contributed by atoms with Crippen LogP contribution in [0.5, 0.6) is 5.75 Å². The lowest BCUT2D eigenvalue weighted by Gasteiger charge is -2.08. The van der Waals surface area contributed by atoms with Gasteiger partial charge in [-0.15, -0.1) is 11.3 Å². The fraction of sp³-hybridized carbons (Fsp3) is 0.357. The van der Waals surface area contributed by atoms with Crippen molar-refractivity contribution in [3.05, 3.63) is 35.3 Å². The van der Waals surface area contributed by atoms with Crippen LogP contribution in [-0.2, 0) is 0 Å². The van der Waals surface area contributed by atoms with E-state index in [-0.39, 0.29) is 0 Å². The van der Waals surface area contributed by atoms with E-state index in [2.05, 4.69) is 17.3 Å².